The van der Waals surface area contributed by atoms with Crippen LogP contribution in [0.2, 0.25) is 0 Å². The standard InChI is InChI=1S/C22H17FN2O2/c1-13-3-9-18(11-14(13)2)24-22(26)16-6-10-20-19(12-16)21(27-25-20)15-4-7-17(23)8-5-15/h3-12H,1-2H3,(H,24,26). The molecule has 4 nitrogen and oxygen atoms in total. The summed E-state index contributed by atoms with van der Waals surface area (Å²) in [6.07, 6.45) is 0. The lowest BCUT2D eigenvalue weighted by molar-refractivity contribution is 0.102. The summed E-state index contributed by atoms with van der Waals surface area (Å²) in [5, 5.41) is 7.64. The van der Waals surface area contributed by atoms with Gasteiger partial charge in [0.15, 0.2) is 5.76 Å². The maximum atomic E-state index is 13.2. The molecule has 4 rings (SSSR count). The first-order chi connectivity index (χ1) is 13.0. The summed E-state index contributed by atoms with van der Waals surface area (Å²) in [6, 6.07) is 16.9. The molecule has 1 N–H and O–H groups in total. The molecule has 0 unspecified atom stereocenters. The third-order valence-electron chi connectivity index (χ3n) is 4.61. The van der Waals surface area contributed by atoms with E-state index in [4.69, 9.17) is 4.52 Å². The van der Waals surface area contributed by atoms with E-state index in [1.165, 1.54) is 17.7 Å². The van der Waals surface area contributed by atoms with E-state index < -0.39 is 0 Å². The number of nitrogens with zero attached hydrogens (tertiary/aromatic N) is 1. The number of hydrogen-bond donors (Lipinski definition) is 1. The predicted octanol–water partition coefficient (Wildman–Crippen LogP) is 5.50. The fourth-order valence-electron chi connectivity index (χ4n) is 2.91. The average molecular weight is 360 g/mol. The van der Waals surface area contributed by atoms with Crippen molar-refractivity contribution in [2.75, 3.05) is 5.32 Å². The van der Waals surface area contributed by atoms with Crippen molar-refractivity contribution < 1.29 is 13.7 Å². The van der Waals surface area contributed by atoms with Crippen LogP contribution in [0, 0.1) is 19.7 Å². The minimum absolute atomic E-state index is 0.216. The first-order valence-corrected chi connectivity index (χ1v) is 8.55. The number of hydrogen-bond acceptors (Lipinski definition) is 3. The number of fused-ring (bicyclic) bond motifs is 1. The Morgan fingerprint density at radius 3 is 2.48 bits per heavy atom. The van der Waals surface area contributed by atoms with Crippen molar-refractivity contribution in [1.82, 2.24) is 5.16 Å². The second-order valence-corrected chi connectivity index (χ2v) is 6.50. The third kappa shape index (κ3) is 3.31. The Balaban J connectivity index is 1.68. The normalized spacial score (nSPS) is 10.9. The molecule has 0 radical (unpaired) electrons. The molecule has 0 aliphatic rings. The van der Waals surface area contributed by atoms with Gasteiger partial charge in [0.05, 0.1) is 5.39 Å². The highest BCUT2D eigenvalue weighted by Crippen LogP contribution is 2.29. The molecule has 0 saturated heterocycles. The maximum absolute atomic E-state index is 13.2. The molecule has 0 aliphatic heterocycles. The lowest BCUT2D eigenvalue weighted by Crippen LogP contribution is -2.11. The van der Waals surface area contributed by atoms with E-state index in [2.05, 4.69) is 10.5 Å². The van der Waals surface area contributed by atoms with Crippen molar-refractivity contribution in [3.63, 3.8) is 0 Å². The molecule has 1 heterocycles. The number of nitrogens with one attached hydrogen (secondary N) is 1. The number of amides is 1. The Hall–Kier alpha value is -3.47. The quantitative estimate of drug-likeness (QED) is 0.525. The third-order valence-corrected chi connectivity index (χ3v) is 4.61. The van der Waals surface area contributed by atoms with E-state index in [9.17, 15) is 9.18 Å². The van der Waals surface area contributed by atoms with Crippen LogP contribution in [0.3, 0.4) is 0 Å². The molecule has 1 aromatic heterocycles. The maximum Gasteiger partial charge on any atom is 0.255 e. The fraction of sp³-hybridized carbons (Fsp3) is 0.0909. The average Bonchev–Trinajstić information content (AvgIpc) is 3.08. The van der Waals surface area contributed by atoms with Gasteiger partial charge in [0.25, 0.3) is 5.91 Å². The summed E-state index contributed by atoms with van der Waals surface area (Å²) in [4.78, 5) is 12.7. The van der Waals surface area contributed by atoms with E-state index in [1.807, 2.05) is 32.0 Å². The molecule has 0 bridgehead atoms. The highest BCUT2D eigenvalue weighted by molar-refractivity contribution is 6.07. The summed E-state index contributed by atoms with van der Waals surface area (Å²) in [6.45, 7) is 4.03. The van der Waals surface area contributed by atoms with Crippen LogP contribution >= 0.6 is 0 Å². The van der Waals surface area contributed by atoms with Gasteiger partial charge >= 0.3 is 0 Å². The van der Waals surface area contributed by atoms with Gasteiger partial charge in [-0.15, -0.1) is 0 Å². The van der Waals surface area contributed by atoms with Gasteiger partial charge in [0.1, 0.15) is 11.3 Å². The molecule has 5 heteroatoms. The molecule has 0 fully saturated rings. The second-order valence-electron chi connectivity index (χ2n) is 6.50. The zero-order valence-electron chi connectivity index (χ0n) is 14.9. The number of aryl methyl sites for hydroxylation is 2. The van der Waals surface area contributed by atoms with Crippen LogP contribution in [-0.2, 0) is 0 Å². The summed E-state index contributed by atoms with van der Waals surface area (Å²) < 4.78 is 18.6. The zero-order valence-corrected chi connectivity index (χ0v) is 14.9. The molecule has 0 aliphatic carbocycles. The zero-order chi connectivity index (χ0) is 19.0. The lowest BCUT2D eigenvalue weighted by atomic mass is 10.1. The van der Waals surface area contributed by atoms with Gasteiger partial charge in [0, 0.05) is 16.8 Å². The molecule has 0 saturated carbocycles. The lowest BCUT2D eigenvalue weighted by Gasteiger charge is -2.08. The number of carbonyl (C=O) groups is 1. The van der Waals surface area contributed by atoms with Gasteiger partial charge in [-0.3, -0.25) is 4.79 Å². The Morgan fingerprint density at radius 2 is 1.74 bits per heavy atom. The van der Waals surface area contributed by atoms with E-state index in [-0.39, 0.29) is 11.7 Å². The Bertz CT molecular complexity index is 1150. The minimum atomic E-state index is -0.323. The number of carbonyl (C=O) groups excluding carboxylic acids is 1. The molecule has 27 heavy (non-hydrogen) atoms. The van der Waals surface area contributed by atoms with Crippen molar-refractivity contribution in [2.24, 2.45) is 0 Å². The van der Waals surface area contributed by atoms with Gasteiger partial charge in [-0.2, -0.15) is 0 Å². The van der Waals surface area contributed by atoms with Crippen LogP contribution < -0.4 is 5.32 Å². The van der Waals surface area contributed by atoms with Crippen molar-refractivity contribution >= 4 is 22.5 Å². The number of anilines is 1. The van der Waals surface area contributed by atoms with E-state index in [0.717, 1.165) is 11.3 Å². The first kappa shape index (κ1) is 17.0. The first-order valence-electron chi connectivity index (χ1n) is 8.55. The highest BCUT2D eigenvalue weighted by Gasteiger charge is 2.14. The van der Waals surface area contributed by atoms with Gasteiger partial charge < -0.3 is 9.84 Å². The Labute approximate surface area is 155 Å². The summed E-state index contributed by atoms with van der Waals surface area (Å²) in [5.74, 6) is -0.0340. The van der Waals surface area contributed by atoms with Crippen LogP contribution in [0.5, 0.6) is 0 Å². The molecular weight excluding hydrogens is 343 g/mol. The molecule has 4 aromatic rings. The van der Waals surface area contributed by atoms with Gasteiger partial charge in [-0.25, -0.2) is 4.39 Å². The topological polar surface area (TPSA) is 55.1 Å². The predicted molar refractivity (Wildman–Crippen MR) is 103 cm³/mol. The summed E-state index contributed by atoms with van der Waals surface area (Å²) in [7, 11) is 0. The van der Waals surface area contributed by atoms with Crippen LogP contribution in [0.15, 0.2) is 65.2 Å². The molecular formula is C22H17FN2O2. The SMILES string of the molecule is Cc1ccc(NC(=O)c2ccc3noc(-c4ccc(F)cc4)c3c2)cc1C. The number of aromatic nitrogens is 1. The van der Waals surface area contributed by atoms with Crippen LogP contribution in [0.4, 0.5) is 10.1 Å². The van der Waals surface area contributed by atoms with Crippen molar-refractivity contribution in [3.8, 4) is 11.3 Å². The number of rotatable bonds is 3. The smallest absolute Gasteiger partial charge is 0.255 e. The minimum Gasteiger partial charge on any atom is -0.355 e. The Kier molecular flexibility index (Phi) is 4.20. The van der Waals surface area contributed by atoms with Gasteiger partial charge in [-0.05, 0) is 79.6 Å². The van der Waals surface area contributed by atoms with Crippen molar-refractivity contribution in [3.05, 3.63) is 83.2 Å². The molecule has 0 atom stereocenters. The monoisotopic (exact) mass is 360 g/mol. The molecule has 1 amide bonds. The van der Waals surface area contributed by atoms with Crippen LogP contribution in [-0.4, -0.2) is 11.1 Å². The Morgan fingerprint density at radius 1 is 0.963 bits per heavy atom. The highest BCUT2D eigenvalue weighted by atomic mass is 19.1. The van der Waals surface area contributed by atoms with Crippen LogP contribution in [0.25, 0.3) is 22.2 Å². The molecule has 3 aromatic carbocycles. The van der Waals surface area contributed by atoms with E-state index in [1.54, 1.807) is 30.3 Å². The number of benzene rings is 3. The molecule has 0 spiro atoms. The summed E-state index contributed by atoms with van der Waals surface area (Å²) in [5.41, 5.74) is 4.85. The second kappa shape index (κ2) is 6.68. The largest absolute Gasteiger partial charge is 0.355 e. The van der Waals surface area contributed by atoms with Gasteiger partial charge in [0.2, 0.25) is 0 Å². The van der Waals surface area contributed by atoms with E-state index in [0.29, 0.717) is 27.8 Å². The molecule has 134 valence electrons. The van der Waals surface area contributed by atoms with Crippen molar-refractivity contribution in [1.29, 1.82) is 0 Å². The van der Waals surface area contributed by atoms with Crippen molar-refractivity contribution in [2.45, 2.75) is 13.8 Å². The van der Waals surface area contributed by atoms with Gasteiger partial charge in [-0.1, -0.05) is 11.2 Å². The number of halogens is 1. The fourth-order valence-corrected chi connectivity index (χ4v) is 2.91. The van der Waals surface area contributed by atoms with Crippen LogP contribution in [0.1, 0.15) is 21.5 Å². The van der Waals surface area contributed by atoms with E-state index >= 15 is 0 Å². The summed E-state index contributed by atoms with van der Waals surface area (Å²) >= 11 is 0.